The maximum atomic E-state index is 12.2. The lowest BCUT2D eigenvalue weighted by atomic mass is 10.2. The van der Waals surface area contributed by atoms with Crippen molar-refractivity contribution in [1.82, 2.24) is 10.2 Å². The standard InChI is InChI=1S/C19H23N3O3/c1-13-10-17(14(2)25-13)18(23)20-12-15-6-5-7-16(11-15)21-19(24)22-8-3-4-9-22/h5-7,10-11H,3-4,8-9,12H2,1-2H3,(H,20,23)(H,21,24). The maximum absolute atomic E-state index is 12.2. The lowest BCUT2D eigenvalue weighted by Crippen LogP contribution is -2.32. The van der Waals surface area contributed by atoms with E-state index in [0.717, 1.165) is 37.2 Å². The second-order valence-electron chi connectivity index (χ2n) is 6.33. The van der Waals surface area contributed by atoms with Crippen molar-refractivity contribution < 1.29 is 14.0 Å². The summed E-state index contributed by atoms with van der Waals surface area (Å²) < 4.78 is 5.39. The van der Waals surface area contributed by atoms with E-state index in [1.165, 1.54) is 0 Å². The molecule has 6 nitrogen and oxygen atoms in total. The van der Waals surface area contributed by atoms with Gasteiger partial charge in [-0.1, -0.05) is 12.1 Å². The van der Waals surface area contributed by atoms with Gasteiger partial charge in [-0.3, -0.25) is 4.79 Å². The number of urea groups is 1. The molecule has 0 radical (unpaired) electrons. The number of nitrogens with zero attached hydrogens (tertiary/aromatic N) is 1. The number of benzene rings is 1. The molecule has 1 aromatic heterocycles. The molecule has 6 heteroatoms. The zero-order chi connectivity index (χ0) is 17.8. The number of carbonyl (C=O) groups is 2. The van der Waals surface area contributed by atoms with E-state index >= 15 is 0 Å². The van der Waals surface area contributed by atoms with Gasteiger partial charge in [0.1, 0.15) is 11.5 Å². The van der Waals surface area contributed by atoms with Crippen molar-refractivity contribution in [3.63, 3.8) is 0 Å². The summed E-state index contributed by atoms with van der Waals surface area (Å²) in [6.07, 6.45) is 2.12. The molecule has 0 unspecified atom stereocenters. The fourth-order valence-electron chi connectivity index (χ4n) is 3.02. The summed E-state index contributed by atoms with van der Waals surface area (Å²) >= 11 is 0. The van der Waals surface area contributed by atoms with Crippen LogP contribution in [0.1, 0.15) is 40.3 Å². The van der Waals surface area contributed by atoms with Crippen LogP contribution in [0.5, 0.6) is 0 Å². The highest BCUT2D eigenvalue weighted by Gasteiger charge is 2.18. The Bertz CT molecular complexity index is 776. The molecule has 2 aromatic rings. The Morgan fingerprint density at radius 1 is 1.16 bits per heavy atom. The SMILES string of the molecule is Cc1cc(C(=O)NCc2cccc(NC(=O)N3CCCC3)c2)c(C)o1. The highest BCUT2D eigenvalue weighted by Crippen LogP contribution is 2.16. The third-order valence-electron chi connectivity index (χ3n) is 4.31. The lowest BCUT2D eigenvalue weighted by molar-refractivity contribution is 0.0949. The van der Waals surface area contributed by atoms with Gasteiger partial charge >= 0.3 is 6.03 Å². The molecule has 0 aliphatic carbocycles. The van der Waals surface area contributed by atoms with E-state index in [2.05, 4.69) is 10.6 Å². The van der Waals surface area contributed by atoms with Gasteiger partial charge in [0.05, 0.1) is 5.56 Å². The van der Waals surface area contributed by atoms with Crippen LogP contribution in [0.4, 0.5) is 10.5 Å². The van der Waals surface area contributed by atoms with Crippen LogP contribution in [0.3, 0.4) is 0 Å². The van der Waals surface area contributed by atoms with Crippen LogP contribution in [0.2, 0.25) is 0 Å². The lowest BCUT2D eigenvalue weighted by Gasteiger charge is -2.16. The van der Waals surface area contributed by atoms with Crippen LogP contribution in [-0.4, -0.2) is 29.9 Å². The van der Waals surface area contributed by atoms with Crippen molar-refractivity contribution in [1.29, 1.82) is 0 Å². The van der Waals surface area contributed by atoms with Gasteiger partial charge in [-0.2, -0.15) is 0 Å². The Hall–Kier alpha value is -2.76. The third kappa shape index (κ3) is 4.21. The second kappa shape index (κ2) is 7.42. The highest BCUT2D eigenvalue weighted by atomic mass is 16.3. The Balaban J connectivity index is 1.59. The Labute approximate surface area is 147 Å². The zero-order valence-electron chi connectivity index (χ0n) is 14.6. The predicted octanol–water partition coefficient (Wildman–Crippen LogP) is 3.45. The molecule has 3 amide bonds. The van der Waals surface area contributed by atoms with Crippen molar-refractivity contribution in [2.24, 2.45) is 0 Å². The van der Waals surface area contributed by atoms with Gasteiger partial charge in [0.25, 0.3) is 5.91 Å². The minimum atomic E-state index is -0.166. The number of amides is 3. The summed E-state index contributed by atoms with van der Waals surface area (Å²) in [4.78, 5) is 26.2. The third-order valence-corrected chi connectivity index (χ3v) is 4.31. The number of likely N-dealkylation sites (tertiary alicyclic amines) is 1. The first kappa shape index (κ1) is 17.1. The fraction of sp³-hybridized carbons (Fsp3) is 0.368. The molecule has 1 aliphatic heterocycles. The van der Waals surface area contributed by atoms with Gasteiger partial charge < -0.3 is 20.0 Å². The second-order valence-corrected chi connectivity index (χ2v) is 6.33. The molecule has 0 bridgehead atoms. The summed E-state index contributed by atoms with van der Waals surface area (Å²) in [6, 6.07) is 9.18. The van der Waals surface area contributed by atoms with Crippen molar-refractivity contribution >= 4 is 17.6 Å². The zero-order valence-corrected chi connectivity index (χ0v) is 14.6. The molecule has 0 spiro atoms. The van der Waals surface area contributed by atoms with Crippen LogP contribution in [0.25, 0.3) is 0 Å². The van der Waals surface area contributed by atoms with E-state index in [-0.39, 0.29) is 11.9 Å². The minimum Gasteiger partial charge on any atom is -0.466 e. The van der Waals surface area contributed by atoms with Crippen molar-refractivity contribution in [3.05, 3.63) is 53.0 Å². The molecule has 25 heavy (non-hydrogen) atoms. The molecule has 1 saturated heterocycles. The van der Waals surface area contributed by atoms with Crippen molar-refractivity contribution in [3.8, 4) is 0 Å². The van der Waals surface area contributed by atoms with Gasteiger partial charge in [0, 0.05) is 25.3 Å². The summed E-state index contributed by atoms with van der Waals surface area (Å²) in [5.41, 5.74) is 2.21. The molecule has 2 heterocycles. The smallest absolute Gasteiger partial charge is 0.321 e. The van der Waals surface area contributed by atoms with Gasteiger partial charge in [0.15, 0.2) is 0 Å². The first-order valence-corrected chi connectivity index (χ1v) is 8.53. The van der Waals surface area contributed by atoms with E-state index in [0.29, 0.717) is 23.6 Å². The molecular formula is C19H23N3O3. The Morgan fingerprint density at radius 2 is 1.92 bits per heavy atom. The fourth-order valence-corrected chi connectivity index (χ4v) is 3.02. The first-order valence-electron chi connectivity index (χ1n) is 8.53. The van der Waals surface area contributed by atoms with E-state index in [9.17, 15) is 9.59 Å². The molecule has 132 valence electrons. The van der Waals surface area contributed by atoms with E-state index in [1.807, 2.05) is 36.1 Å². The van der Waals surface area contributed by atoms with Crippen molar-refractivity contribution in [2.45, 2.75) is 33.2 Å². The van der Waals surface area contributed by atoms with Gasteiger partial charge in [-0.15, -0.1) is 0 Å². The molecule has 2 N–H and O–H groups in total. The minimum absolute atomic E-state index is 0.0665. The average Bonchev–Trinajstić information content (AvgIpc) is 3.22. The van der Waals surface area contributed by atoms with Crippen LogP contribution >= 0.6 is 0 Å². The number of rotatable bonds is 4. The van der Waals surface area contributed by atoms with E-state index in [4.69, 9.17) is 4.42 Å². The summed E-state index contributed by atoms with van der Waals surface area (Å²) in [7, 11) is 0. The van der Waals surface area contributed by atoms with Crippen LogP contribution in [0, 0.1) is 13.8 Å². The van der Waals surface area contributed by atoms with E-state index in [1.54, 1.807) is 13.0 Å². The molecule has 1 aromatic carbocycles. The number of furan rings is 1. The normalized spacial score (nSPS) is 13.8. The van der Waals surface area contributed by atoms with Crippen LogP contribution in [0.15, 0.2) is 34.7 Å². The number of hydrogen-bond donors (Lipinski definition) is 2. The number of aryl methyl sites for hydroxylation is 2. The summed E-state index contributed by atoms with van der Waals surface area (Å²) in [5, 5.41) is 5.80. The number of hydrogen-bond acceptors (Lipinski definition) is 3. The first-order chi connectivity index (χ1) is 12.0. The Kier molecular flexibility index (Phi) is 5.07. The number of anilines is 1. The quantitative estimate of drug-likeness (QED) is 0.894. The van der Waals surface area contributed by atoms with Gasteiger partial charge in [-0.25, -0.2) is 4.79 Å². The molecule has 3 rings (SSSR count). The Morgan fingerprint density at radius 3 is 2.60 bits per heavy atom. The highest BCUT2D eigenvalue weighted by molar-refractivity contribution is 5.95. The maximum Gasteiger partial charge on any atom is 0.321 e. The molecule has 0 saturated carbocycles. The average molecular weight is 341 g/mol. The van der Waals surface area contributed by atoms with E-state index < -0.39 is 0 Å². The van der Waals surface area contributed by atoms with Crippen LogP contribution in [-0.2, 0) is 6.54 Å². The molecule has 1 aliphatic rings. The van der Waals surface area contributed by atoms with Crippen molar-refractivity contribution in [2.75, 3.05) is 18.4 Å². The topological polar surface area (TPSA) is 74.6 Å². The largest absolute Gasteiger partial charge is 0.466 e. The molecule has 1 fully saturated rings. The van der Waals surface area contributed by atoms with Crippen LogP contribution < -0.4 is 10.6 Å². The number of nitrogens with one attached hydrogen (secondary N) is 2. The molecule has 0 atom stereocenters. The predicted molar refractivity (Wildman–Crippen MR) is 95.6 cm³/mol. The monoisotopic (exact) mass is 341 g/mol. The summed E-state index contributed by atoms with van der Waals surface area (Å²) in [5.74, 6) is 1.16. The number of carbonyl (C=O) groups excluding carboxylic acids is 2. The van der Waals surface area contributed by atoms with Gasteiger partial charge in [-0.05, 0) is 50.5 Å². The van der Waals surface area contributed by atoms with Gasteiger partial charge in [0.2, 0.25) is 0 Å². The molecular weight excluding hydrogens is 318 g/mol. The summed E-state index contributed by atoms with van der Waals surface area (Å²) in [6.45, 7) is 5.60.